The number of benzene rings is 2. The predicted molar refractivity (Wildman–Crippen MR) is 80.0 cm³/mol. The van der Waals surface area contributed by atoms with E-state index in [0.29, 0.717) is 5.92 Å². The van der Waals surface area contributed by atoms with E-state index in [-0.39, 0.29) is 11.9 Å². The fraction of sp³-hybridized carbons (Fsp3) is 0.333. The van der Waals surface area contributed by atoms with Gasteiger partial charge in [-0.1, -0.05) is 30.3 Å². The summed E-state index contributed by atoms with van der Waals surface area (Å²) in [4.78, 5) is 0. The maximum absolute atomic E-state index is 13.5. The molecule has 2 heteroatoms. The molecule has 0 radical (unpaired) electrons. The summed E-state index contributed by atoms with van der Waals surface area (Å²) >= 11 is 0. The number of aryl methyl sites for hydroxylation is 2. The Kier molecular flexibility index (Phi) is 3.58. The van der Waals surface area contributed by atoms with Crippen LogP contribution in [0.25, 0.3) is 0 Å². The summed E-state index contributed by atoms with van der Waals surface area (Å²) in [5.74, 6) is 0.206. The molecule has 0 aromatic heterocycles. The molecule has 3 rings (SSSR count). The monoisotopic (exact) mass is 269 g/mol. The van der Waals surface area contributed by atoms with E-state index in [9.17, 15) is 4.39 Å². The van der Waals surface area contributed by atoms with Gasteiger partial charge in [0, 0.05) is 6.04 Å². The highest BCUT2D eigenvalue weighted by Gasteiger charge is 2.25. The lowest BCUT2D eigenvalue weighted by Crippen LogP contribution is -2.27. The Morgan fingerprint density at radius 1 is 1.15 bits per heavy atom. The summed E-state index contributed by atoms with van der Waals surface area (Å²) in [6.07, 6.45) is 3.14. The van der Waals surface area contributed by atoms with E-state index in [4.69, 9.17) is 5.73 Å². The second-order valence-corrected chi connectivity index (χ2v) is 5.86. The molecule has 2 N–H and O–H groups in total. The molecule has 0 fully saturated rings. The van der Waals surface area contributed by atoms with Crippen LogP contribution in [0.4, 0.5) is 4.39 Å². The van der Waals surface area contributed by atoms with Crippen molar-refractivity contribution in [2.45, 2.75) is 32.2 Å². The Balaban J connectivity index is 1.83. The summed E-state index contributed by atoms with van der Waals surface area (Å²) in [7, 11) is 0. The van der Waals surface area contributed by atoms with E-state index in [0.717, 1.165) is 30.4 Å². The lowest BCUT2D eigenvalue weighted by atomic mass is 9.78. The van der Waals surface area contributed by atoms with E-state index < -0.39 is 0 Å². The molecule has 0 spiro atoms. The molecule has 1 nitrogen and oxygen atoms in total. The molecule has 104 valence electrons. The molecule has 20 heavy (non-hydrogen) atoms. The van der Waals surface area contributed by atoms with Crippen LogP contribution in [-0.2, 0) is 12.8 Å². The zero-order chi connectivity index (χ0) is 14.1. The largest absolute Gasteiger partial charge is 0.324 e. The third-order valence-electron chi connectivity index (χ3n) is 4.34. The molecule has 0 bridgehead atoms. The lowest BCUT2D eigenvalue weighted by molar-refractivity contribution is 0.381. The van der Waals surface area contributed by atoms with Gasteiger partial charge < -0.3 is 5.73 Å². The van der Waals surface area contributed by atoms with Crippen molar-refractivity contribution < 1.29 is 4.39 Å². The first-order chi connectivity index (χ1) is 9.63. The summed E-state index contributed by atoms with van der Waals surface area (Å²) in [5.41, 5.74) is 11.1. The fourth-order valence-corrected chi connectivity index (χ4v) is 3.26. The van der Waals surface area contributed by atoms with E-state index in [2.05, 4.69) is 24.3 Å². The molecule has 2 aromatic carbocycles. The van der Waals surface area contributed by atoms with E-state index >= 15 is 0 Å². The highest BCUT2D eigenvalue weighted by Crippen LogP contribution is 2.33. The summed E-state index contributed by atoms with van der Waals surface area (Å²) in [5, 5.41) is 0. The van der Waals surface area contributed by atoms with Gasteiger partial charge >= 0.3 is 0 Å². The van der Waals surface area contributed by atoms with Crippen molar-refractivity contribution in [3.8, 4) is 0 Å². The molecule has 0 aliphatic heterocycles. The van der Waals surface area contributed by atoms with Gasteiger partial charge in [-0.15, -0.1) is 0 Å². The number of fused-ring (bicyclic) bond motifs is 1. The number of hydrogen-bond acceptors (Lipinski definition) is 1. The number of halogens is 1. The van der Waals surface area contributed by atoms with E-state index in [1.165, 1.54) is 11.1 Å². The maximum atomic E-state index is 13.5. The van der Waals surface area contributed by atoms with Gasteiger partial charge in [0.25, 0.3) is 0 Å². The molecule has 1 aliphatic rings. The van der Waals surface area contributed by atoms with E-state index in [1.54, 1.807) is 12.1 Å². The van der Waals surface area contributed by atoms with Crippen molar-refractivity contribution in [1.29, 1.82) is 0 Å². The van der Waals surface area contributed by atoms with Crippen LogP contribution < -0.4 is 5.73 Å². The molecule has 2 atom stereocenters. The van der Waals surface area contributed by atoms with Crippen LogP contribution in [0, 0.1) is 18.7 Å². The van der Waals surface area contributed by atoms with Crippen molar-refractivity contribution in [2.24, 2.45) is 11.7 Å². The standard InChI is InChI=1S/C18H20FN/c1-12-8-16(11-17(19)9-12)18(20)15-7-6-13-4-2-3-5-14(13)10-15/h2-5,8-9,11,15,18H,6-7,10,20H2,1H3. The second-order valence-electron chi connectivity index (χ2n) is 5.86. The zero-order valence-electron chi connectivity index (χ0n) is 11.8. The first-order valence-corrected chi connectivity index (χ1v) is 7.23. The summed E-state index contributed by atoms with van der Waals surface area (Å²) in [6.45, 7) is 1.91. The van der Waals surface area contributed by atoms with Crippen molar-refractivity contribution >= 4 is 0 Å². The van der Waals surface area contributed by atoms with Gasteiger partial charge in [0.05, 0.1) is 0 Å². The topological polar surface area (TPSA) is 26.0 Å². The number of nitrogens with two attached hydrogens (primary N) is 1. The fourth-order valence-electron chi connectivity index (χ4n) is 3.26. The molecular formula is C18H20FN. The quantitative estimate of drug-likeness (QED) is 0.878. The Morgan fingerprint density at radius 2 is 1.90 bits per heavy atom. The van der Waals surface area contributed by atoms with Gasteiger partial charge in [-0.25, -0.2) is 4.39 Å². The Labute approximate surface area is 119 Å². The van der Waals surface area contributed by atoms with Crippen LogP contribution in [0.2, 0.25) is 0 Å². The van der Waals surface area contributed by atoms with Crippen LogP contribution >= 0.6 is 0 Å². The molecule has 0 amide bonds. The average molecular weight is 269 g/mol. The first-order valence-electron chi connectivity index (χ1n) is 7.23. The smallest absolute Gasteiger partial charge is 0.123 e. The zero-order valence-corrected chi connectivity index (χ0v) is 11.8. The average Bonchev–Trinajstić information content (AvgIpc) is 2.45. The third kappa shape index (κ3) is 2.61. The Hall–Kier alpha value is -1.67. The van der Waals surface area contributed by atoms with Gasteiger partial charge in [0.15, 0.2) is 0 Å². The van der Waals surface area contributed by atoms with Crippen molar-refractivity contribution in [3.63, 3.8) is 0 Å². The lowest BCUT2D eigenvalue weighted by Gasteiger charge is -2.29. The molecule has 0 saturated carbocycles. The third-order valence-corrected chi connectivity index (χ3v) is 4.34. The SMILES string of the molecule is Cc1cc(F)cc(C(N)C2CCc3ccccc3C2)c1. The van der Waals surface area contributed by atoms with E-state index in [1.807, 2.05) is 13.0 Å². The minimum atomic E-state index is -0.188. The highest BCUT2D eigenvalue weighted by molar-refractivity contribution is 5.32. The molecular weight excluding hydrogens is 249 g/mol. The summed E-state index contributed by atoms with van der Waals surface area (Å²) in [6, 6.07) is 13.6. The van der Waals surface area contributed by atoms with Crippen molar-refractivity contribution in [2.75, 3.05) is 0 Å². The minimum absolute atomic E-state index is 0.0854. The molecule has 2 unspecified atom stereocenters. The van der Waals surface area contributed by atoms with Crippen LogP contribution in [0.5, 0.6) is 0 Å². The second kappa shape index (κ2) is 5.37. The Bertz CT molecular complexity index is 600. The maximum Gasteiger partial charge on any atom is 0.123 e. The van der Waals surface area contributed by atoms with Crippen molar-refractivity contribution in [3.05, 3.63) is 70.5 Å². The number of hydrogen-bond donors (Lipinski definition) is 1. The number of rotatable bonds is 2. The minimum Gasteiger partial charge on any atom is -0.324 e. The van der Waals surface area contributed by atoms with Crippen LogP contribution in [0.3, 0.4) is 0 Å². The molecule has 0 heterocycles. The van der Waals surface area contributed by atoms with Crippen molar-refractivity contribution in [1.82, 2.24) is 0 Å². The predicted octanol–water partition coefficient (Wildman–Crippen LogP) is 3.94. The molecule has 2 aromatic rings. The first kappa shape index (κ1) is 13.3. The summed E-state index contributed by atoms with van der Waals surface area (Å²) < 4.78 is 13.5. The van der Waals surface area contributed by atoms with Gasteiger partial charge in [-0.05, 0) is 66.5 Å². The van der Waals surface area contributed by atoms with Gasteiger partial charge in [0.2, 0.25) is 0 Å². The van der Waals surface area contributed by atoms with Gasteiger partial charge in [0.1, 0.15) is 5.82 Å². The van der Waals surface area contributed by atoms with Gasteiger partial charge in [-0.3, -0.25) is 0 Å². The normalized spacial score (nSPS) is 19.4. The van der Waals surface area contributed by atoms with Gasteiger partial charge in [-0.2, -0.15) is 0 Å². The molecule has 0 saturated heterocycles. The highest BCUT2D eigenvalue weighted by atomic mass is 19.1. The van der Waals surface area contributed by atoms with Crippen LogP contribution in [0.15, 0.2) is 42.5 Å². The molecule has 1 aliphatic carbocycles. The van der Waals surface area contributed by atoms with Crippen LogP contribution in [0.1, 0.15) is 34.7 Å². The van der Waals surface area contributed by atoms with Crippen LogP contribution in [-0.4, -0.2) is 0 Å². The Morgan fingerprint density at radius 3 is 2.65 bits per heavy atom.